The first-order valence-corrected chi connectivity index (χ1v) is 6.85. The molecule has 2 nitrogen and oxygen atoms in total. The van der Waals surface area contributed by atoms with E-state index in [9.17, 15) is 0 Å². The molecule has 0 bridgehead atoms. The average molecular weight is 270 g/mol. The lowest BCUT2D eigenvalue weighted by Crippen LogP contribution is -2.25. The van der Waals surface area contributed by atoms with Crippen molar-refractivity contribution in [3.8, 4) is 5.75 Å². The Labute approximate surface area is 116 Å². The van der Waals surface area contributed by atoms with Crippen molar-refractivity contribution in [3.05, 3.63) is 28.3 Å². The molecule has 0 amide bonds. The number of nitrogens with one attached hydrogen (secondary N) is 1. The van der Waals surface area contributed by atoms with Gasteiger partial charge in [0.25, 0.3) is 0 Å². The van der Waals surface area contributed by atoms with Gasteiger partial charge in [-0.05, 0) is 62.0 Å². The predicted molar refractivity (Wildman–Crippen MR) is 78.7 cm³/mol. The molecule has 0 spiro atoms. The van der Waals surface area contributed by atoms with E-state index in [2.05, 4.69) is 19.2 Å². The van der Waals surface area contributed by atoms with E-state index in [1.165, 1.54) is 5.56 Å². The second-order valence-electron chi connectivity index (χ2n) is 5.18. The van der Waals surface area contributed by atoms with Crippen LogP contribution in [0.3, 0.4) is 0 Å². The Kier molecular flexibility index (Phi) is 5.97. The molecular weight excluding hydrogens is 246 g/mol. The van der Waals surface area contributed by atoms with E-state index in [0.29, 0.717) is 11.8 Å². The van der Waals surface area contributed by atoms with Crippen LogP contribution >= 0.6 is 11.6 Å². The van der Waals surface area contributed by atoms with Crippen LogP contribution < -0.4 is 10.1 Å². The first-order valence-electron chi connectivity index (χ1n) is 6.47. The molecule has 1 rings (SSSR count). The van der Waals surface area contributed by atoms with Gasteiger partial charge in [-0.1, -0.05) is 25.4 Å². The number of aryl methyl sites for hydroxylation is 1. The number of hydrogen-bond acceptors (Lipinski definition) is 2. The normalized spacial score (nSPS) is 12.8. The zero-order valence-electron chi connectivity index (χ0n) is 12.0. The Bertz CT molecular complexity index is 390. The van der Waals surface area contributed by atoms with Crippen molar-refractivity contribution >= 4 is 11.6 Å². The molecule has 0 aliphatic heterocycles. The SMILES string of the molecule is CNCC(Cc1cc(Cl)c(C)cc1OC)C(C)C. The molecule has 3 heteroatoms. The molecule has 1 atom stereocenters. The monoisotopic (exact) mass is 269 g/mol. The molecule has 1 N–H and O–H groups in total. The van der Waals surface area contributed by atoms with Gasteiger partial charge in [0.15, 0.2) is 0 Å². The lowest BCUT2D eigenvalue weighted by atomic mass is 9.88. The molecule has 18 heavy (non-hydrogen) atoms. The van der Waals surface area contributed by atoms with E-state index < -0.39 is 0 Å². The maximum absolute atomic E-state index is 6.21. The minimum Gasteiger partial charge on any atom is -0.496 e. The van der Waals surface area contributed by atoms with Crippen LogP contribution in [0.4, 0.5) is 0 Å². The highest BCUT2D eigenvalue weighted by Crippen LogP contribution is 2.29. The van der Waals surface area contributed by atoms with E-state index in [4.69, 9.17) is 16.3 Å². The molecule has 1 unspecified atom stereocenters. The standard InChI is InChI=1S/C15H24ClNO/c1-10(2)13(9-17-4)7-12-8-14(16)11(3)6-15(12)18-5/h6,8,10,13,17H,7,9H2,1-5H3. The fraction of sp³-hybridized carbons (Fsp3) is 0.600. The number of halogens is 1. The van der Waals surface area contributed by atoms with Gasteiger partial charge in [-0.3, -0.25) is 0 Å². The maximum atomic E-state index is 6.21. The zero-order chi connectivity index (χ0) is 13.7. The summed E-state index contributed by atoms with van der Waals surface area (Å²) in [5, 5.41) is 4.08. The van der Waals surface area contributed by atoms with Gasteiger partial charge in [0.2, 0.25) is 0 Å². The summed E-state index contributed by atoms with van der Waals surface area (Å²) in [6.07, 6.45) is 0.988. The van der Waals surface area contributed by atoms with Crippen molar-refractivity contribution in [1.29, 1.82) is 0 Å². The summed E-state index contributed by atoms with van der Waals surface area (Å²) in [5.74, 6) is 2.16. The molecule has 0 fully saturated rings. The molecule has 0 saturated carbocycles. The Morgan fingerprint density at radius 3 is 2.50 bits per heavy atom. The summed E-state index contributed by atoms with van der Waals surface area (Å²) in [4.78, 5) is 0. The topological polar surface area (TPSA) is 21.3 Å². The maximum Gasteiger partial charge on any atom is 0.122 e. The number of benzene rings is 1. The van der Waals surface area contributed by atoms with Gasteiger partial charge in [0.05, 0.1) is 7.11 Å². The fourth-order valence-corrected chi connectivity index (χ4v) is 2.32. The van der Waals surface area contributed by atoms with E-state index in [0.717, 1.165) is 29.3 Å². The van der Waals surface area contributed by atoms with Crippen LogP contribution in [0.5, 0.6) is 5.75 Å². The highest BCUT2D eigenvalue weighted by atomic mass is 35.5. The minimum absolute atomic E-state index is 0.586. The van der Waals surface area contributed by atoms with Gasteiger partial charge >= 0.3 is 0 Å². The second kappa shape index (κ2) is 7.01. The van der Waals surface area contributed by atoms with Crippen LogP contribution in [0.2, 0.25) is 5.02 Å². The number of hydrogen-bond donors (Lipinski definition) is 1. The van der Waals surface area contributed by atoms with E-state index in [1.54, 1.807) is 7.11 Å². The number of ether oxygens (including phenoxy) is 1. The molecule has 0 radical (unpaired) electrons. The second-order valence-corrected chi connectivity index (χ2v) is 5.59. The van der Waals surface area contributed by atoms with Crippen LogP contribution in [-0.4, -0.2) is 20.7 Å². The van der Waals surface area contributed by atoms with Crippen molar-refractivity contribution < 1.29 is 4.74 Å². The summed E-state index contributed by atoms with van der Waals surface area (Å²) >= 11 is 6.21. The summed E-state index contributed by atoms with van der Waals surface area (Å²) in [5.41, 5.74) is 2.26. The minimum atomic E-state index is 0.586. The van der Waals surface area contributed by atoms with Gasteiger partial charge in [-0.25, -0.2) is 0 Å². The van der Waals surface area contributed by atoms with E-state index in [1.807, 2.05) is 26.1 Å². The molecule has 0 saturated heterocycles. The third-order valence-electron chi connectivity index (χ3n) is 3.45. The van der Waals surface area contributed by atoms with Crippen molar-refractivity contribution in [2.45, 2.75) is 27.2 Å². The van der Waals surface area contributed by atoms with Crippen molar-refractivity contribution in [3.63, 3.8) is 0 Å². The fourth-order valence-electron chi connectivity index (χ4n) is 2.13. The van der Waals surface area contributed by atoms with Crippen LogP contribution in [0, 0.1) is 18.8 Å². The highest BCUT2D eigenvalue weighted by Gasteiger charge is 2.16. The summed E-state index contributed by atoms with van der Waals surface area (Å²) in [7, 11) is 3.71. The molecule has 0 aromatic heterocycles. The smallest absolute Gasteiger partial charge is 0.122 e. The first kappa shape index (κ1) is 15.3. The Morgan fingerprint density at radius 2 is 2.00 bits per heavy atom. The largest absolute Gasteiger partial charge is 0.496 e. The van der Waals surface area contributed by atoms with Crippen LogP contribution in [0.1, 0.15) is 25.0 Å². The van der Waals surface area contributed by atoms with Gasteiger partial charge in [-0.15, -0.1) is 0 Å². The molecule has 0 aliphatic carbocycles. The molecule has 0 heterocycles. The quantitative estimate of drug-likeness (QED) is 0.850. The zero-order valence-corrected chi connectivity index (χ0v) is 12.8. The molecule has 1 aromatic rings. The molecule has 102 valence electrons. The van der Waals surface area contributed by atoms with E-state index in [-0.39, 0.29) is 0 Å². The Hall–Kier alpha value is -0.730. The lowest BCUT2D eigenvalue weighted by molar-refractivity contribution is 0.358. The summed E-state index contributed by atoms with van der Waals surface area (Å²) in [6.45, 7) is 7.52. The average Bonchev–Trinajstić information content (AvgIpc) is 2.32. The first-order chi connectivity index (χ1) is 8.49. The van der Waals surface area contributed by atoms with Gasteiger partial charge < -0.3 is 10.1 Å². The van der Waals surface area contributed by atoms with Crippen LogP contribution in [-0.2, 0) is 6.42 Å². The number of rotatable bonds is 6. The molecular formula is C15H24ClNO. The Morgan fingerprint density at radius 1 is 1.33 bits per heavy atom. The van der Waals surface area contributed by atoms with Crippen LogP contribution in [0.15, 0.2) is 12.1 Å². The van der Waals surface area contributed by atoms with Crippen molar-refractivity contribution in [1.82, 2.24) is 5.32 Å². The number of methoxy groups -OCH3 is 1. The molecule has 0 aliphatic rings. The van der Waals surface area contributed by atoms with E-state index >= 15 is 0 Å². The Balaban J connectivity index is 2.97. The van der Waals surface area contributed by atoms with Crippen molar-refractivity contribution in [2.24, 2.45) is 11.8 Å². The lowest BCUT2D eigenvalue weighted by Gasteiger charge is -2.22. The third kappa shape index (κ3) is 3.89. The van der Waals surface area contributed by atoms with Gasteiger partial charge in [0.1, 0.15) is 5.75 Å². The van der Waals surface area contributed by atoms with Gasteiger partial charge in [-0.2, -0.15) is 0 Å². The van der Waals surface area contributed by atoms with Crippen LogP contribution in [0.25, 0.3) is 0 Å². The molecule has 1 aromatic carbocycles. The third-order valence-corrected chi connectivity index (χ3v) is 3.86. The summed E-state index contributed by atoms with van der Waals surface area (Å²) < 4.78 is 5.46. The van der Waals surface area contributed by atoms with Gasteiger partial charge in [0, 0.05) is 5.02 Å². The van der Waals surface area contributed by atoms with Crippen molar-refractivity contribution in [2.75, 3.05) is 20.7 Å². The highest BCUT2D eigenvalue weighted by molar-refractivity contribution is 6.31. The summed E-state index contributed by atoms with van der Waals surface area (Å²) in [6, 6.07) is 4.06. The predicted octanol–water partition coefficient (Wildman–Crippen LogP) is 3.69.